The molecule has 1 N–H and O–H groups in total. The van der Waals surface area contributed by atoms with Gasteiger partial charge in [0.25, 0.3) is 0 Å². The maximum Gasteiger partial charge on any atom is 0.307 e. The molecule has 7 heteroatoms. The van der Waals surface area contributed by atoms with Crippen LogP contribution in [0.3, 0.4) is 0 Å². The Labute approximate surface area is 110 Å². The van der Waals surface area contributed by atoms with Gasteiger partial charge in [-0.15, -0.1) is 11.3 Å². The molecule has 0 radical (unpaired) electrons. The van der Waals surface area contributed by atoms with Crippen molar-refractivity contribution in [2.24, 2.45) is 11.8 Å². The van der Waals surface area contributed by atoms with Crippen LogP contribution >= 0.6 is 11.3 Å². The van der Waals surface area contributed by atoms with Crippen molar-refractivity contribution in [3.05, 3.63) is 16.1 Å². The van der Waals surface area contributed by atoms with Gasteiger partial charge >= 0.3 is 5.97 Å². The second-order valence-electron chi connectivity index (χ2n) is 4.67. The van der Waals surface area contributed by atoms with Gasteiger partial charge in [0.1, 0.15) is 0 Å². The molecule has 1 aromatic rings. The minimum Gasteiger partial charge on any atom is -0.481 e. The SMILES string of the molecule is Cc1nc(CC(C(=O)O)C2CCS(=O)(=O)C2)cs1. The number of rotatable bonds is 4. The van der Waals surface area contributed by atoms with E-state index in [1.54, 1.807) is 0 Å². The molecule has 2 heterocycles. The second kappa shape index (κ2) is 4.97. The van der Waals surface area contributed by atoms with E-state index in [9.17, 15) is 18.3 Å². The largest absolute Gasteiger partial charge is 0.481 e. The highest BCUT2D eigenvalue weighted by atomic mass is 32.2. The summed E-state index contributed by atoms with van der Waals surface area (Å²) in [4.78, 5) is 15.5. The van der Waals surface area contributed by atoms with Crippen LogP contribution in [0.1, 0.15) is 17.1 Å². The highest BCUT2D eigenvalue weighted by Gasteiger charge is 2.37. The van der Waals surface area contributed by atoms with Gasteiger partial charge in [0.2, 0.25) is 0 Å². The Bertz CT molecular complexity index is 549. The van der Waals surface area contributed by atoms with Gasteiger partial charge in [0.15, 0.2) is 9.84 Å². The molecule has 1 aromatic heterocycles. The average Bonchev–Trinajstić information content (AvgIpc) is 2.81. The van der Waals surface area contributed by atoms with Crippen molar-refractivity contribution in [1.82, 2.24) is 4.98 Å². The first-order chi connectivity index (χ1) is 8.37. The summed E-state index contributed by atoms with van der Waals surface area (Å²) < 4.78 is 22.8. The lowest BCUT2D eigenvalue weighted by Crippen LogP contribution is -2.26. The first-order valence-electron chi connectivity index (χ1n) is 5.71. The molecule has 100 valence electrons. The van der Waals surface area contributed by atoms with E-state index in [2.05, 4.69) is 4.98 Å². The number of sulfone groups is 1. The van der Waals surface area contributed by atoms with Crippen LogP contribution in [-0.4, -0.2) is 36.0 Å². The molecule has 0 spiro atoms. The van der Waals surface area contributed by atoms with Crippen molar-refractivity contribution >= 4 is 27.1 Å². The Hall–Kier alpha value is -0.950. The predicted octanol–water partition coefficient (Wildman–Crippen LogP) is 1.13. The summed E-state index contributed by atoms with van der Waals surface area (Å²) in [6.07, 6.45) is 0.766. The van der Waals surface area contributed by atoms with Crippen LogP contribution < -0.4 is 0 Å². The van der Waals surface area contributed by atoms with Gasteiger partial charge in [0, 0.05) is 11.8 Å². The normalized spacial score (nSPS) is 23.9. The molecule has 1 saturated heterocycles. The topological polar surface area (TPSA) is 84.3 Å². The third-order valence-electron chi connectivity index (χ3n) is 3.25. The van der Waals surface area contributed by atoms with Gasteiger partial charge in [0.05, 0.1) is 28.1 Å². The molecule has 0 aromatic carbocycles. The fourth-order valence-electron chi connectivity index (χ4n) is 2.32. The average molecular weight is 289 g/mol. The third kappa shape index (κ3) is 3.08. The number of hydrogen-bond donors (Lipinski definition) is 1. The number of aliphatic carboxylic acids is 1. The molecule has 0 amide bonds. The summed E-state index contributed by atoms with van der Waals surface area (Å²) in [6, 6.07) is 0. The molecular formula is C11H15NO4S2. The van der Waals surface area contributed by atoms with Crippen LogP contribution in [0.5, 0.6) is 0 Å². The molecular weight excluding hydrogens is 274 g/mol. The number of carbonyl (C=O) groups is 1. The number of carboxylic acid groups (broad SMARTS) is 1. The Kier molecular flexibility index (Phi) is 3.72. The van der Waals surface area contributed by atoms with Crippen LogP contribution in [0.25, 0.3) is 0 Å². The highest BCUT2D eigenvalue weighted by molar-refractivity contribution is 7.91. The summed E-state index contributed by atoms with van der Waals surface area (Å²) in [5.41, 5.74) is 0.745. The van der Waals surface area contributed by atoms with Gasteiger partial charge in [-0.3, -0.25) is 4.79 Å². The second-order valence-corrected chi connectivity index (χ2v) is 7.96. The smallest absolute Gasteiger partial charge is 0.307 e. The molecule has 2 atom stereocenters. The molecule has 1 aliphatic rings. The molecule has 1 aliphatic heterocycles. The van der Waals surface area contributed by atoms with Crippen LogP contribution in [0.15, 0.2) is 5.38 Å². The van der Waals surface area contributed by atoms with E-state index in [1.165, 1.54) is 11.3 Å². The lowest BCUT2D eigenvalue weighted by atomic mass is 9.88. The number of thiazole rings is 1. The number of nitrogens with zero attached hydrogens (tertiary/aromatic N) is 1. The number of aromatic nitrogens is 1. The summed E-state index contributed by atoms with van der Waals surface area (Å²) in [7, 11) is -3.04. The van der Waals surface area contributed by atoms with E-state index in [0.29, 0.717) is 12.8 Å². The Balaban J connectivity index is 2.12. The Morgan fingerprint density at radius 3 is 2.83 bits per heavy atom. The zero-order valence-electron chi connectivity index (χ0n) is 10.00. The zero-order valence-corrected chi connectivity index (χ0v) is 11.6. The molecule has 5 nitrogen and oxygen atoms in total. The lowest BCUT2D eigenvalue weighted by molar-refractivity contribution is -0.143. The van der Waals surface area contributed by atoms with Gasteiger partial charge < -0.3 is 5.11 Å². The monoisotopic (exact) mass is 289 g/mol. The van der Waals surface area contributed by atoms with E-state index in [-0.39, 0.29) is 17.4 Å². The summed E-state index contributed by atoms with van der Waals surface area (Å²) in [6.45, 7) is 1.87. The van der Waals surface area contributed by atoms with Crippen molar-refractivity contribution in [3.8, 4) is 0 Å². The summed E-state index contributed by atoms with van der Waals surface area (Å²) in [5.74, 6) is -1.76. The number of carboxylic acids is 1. The van der Waals surface area contributed by atoms with Crippen molar-refractivity contribution in [1.29, 1.82) is 0 Å². The summed E-state index contributed by atoms with van der Waals surface area (Å²) >= 11 is 1.48. The molecule has 2 rings (SSSR count). The maximum atomic E-state index is 11.4. The minimum absolute atomic E-state index is 0.00686. The maximum absolute atomic E-state index is 11.4. The van der Waals surface area contributed by atoms with E-state index in [4.69, 9.17) is 0 Å². The van der Waals surface area contributed by atoms with Crippen LogP contribution in [-0.2, 0) is 21.1 Å². The molecule has 1 fully saturated rings. The first kappa shape index (κ1) is 13.5. The van der Waals surface area contributed by atoms with Crippen molar-refractivity contribution in [2.75, 3.05) is 11.5 Å². The van der Waals surface area contributed by atoms with Crippen LogP contribution in [0.4, 0.5) is 0 Å². The van der Waals surface area contributed by atoms with Gasteiger partial charge in [-0.25, -0.2) is 13.4 Å². The standard InChI is InChI=1S/C11H15NO4S2/c1-7-12-9(5-17-7)4-10(11(13)14)8-2-3-18(15,16)6-8/h5,8,10H,2-4,6H2,1H3,(H,13,14). The Morgan fingerprint density at radius 1 is 1.67 bits per heavy atom. The fraction of sp³-hybridized carbons (Fsp3) is 0.636. The highest BCUT2D eigenvalue weighted by Crippen LogP contribution is 2.29. The third-order valence-corrected chi connectivity index (χ3v) is 5.87. The van der Waals surface area contributed by atoms with Crippen LogP contribution in [0, 0.1) is 18.8 Å². The molecule has 0 bridgehead atoms. The predicted molar refractivity (Wildman–Crippen MR) is 68.4 cm³/mol. The van der Waals surface area contributed by atoms with E-state index < -0.39 is 21.7 Å². The van der Waals surface area contributed by atoms with Gasteiger partial charge in [-0.2, -0.15) is 0 Å². The first-order valence-corrected chi connectivity index (χ1v) is 8.42. The number of aryl methyl sites for hydroxylation is 1. The van der Waals surface area contributed by atoms with Crippen LogP contribution in [0.2, 0.25) is 0 Å². The lowest BCUT2D eigenvalue weighted by Gasteiger charge is -2.16. The van der Waals surface area contributed by atoms with E-state index in [1.807, 2.05) is 12.3 Å². The van der Waals surface area contributed by atoms with Crippen molar-refractivity contribution < 1.29 is 18.3 Å². The Morgan fingerprint density at radius 2 is 2.39 bits per heavy atom. The fourth-order valence-corrected chi connectivity index (χ4v) is 4.83. The van der Waals surface area contributed by atoms with Gasteiger partial charge in [-0.05, 0) is 19.3 Å². The quantitative estimate of drug-likeness (QED) is 0.898. The zero-order chi connectivity index (χ0) is 13.3. The molecule has 2 unspecified atom stereocenters. The molecule has 18 heavy (non-hydrogen) atoms. The number of hydrogen-bond acceptors (Lipinski definition) is 5. The minimum atomic E-state index is -3.04. The summed E-state index contributed by atoms with van der Waals surface area (Å²) in [5, 5.41) is 12.0. The van der Waals surface area contributed by atoms with E-state index in [0.717, 1.165) is 10.7 Å². The van der Waals surface area contributed by atoms with Crippen molar-refractivity contribution in [2.45, 2.75) is 19.8 Å². The molecule has 0 saturated carbocycles. The van der Waals surface area contributed by atoms with Gasteiger partial charge in [-0.1, -0.05) is 0 Å². The van der Waals surface area contributed by atoms with E-state index >= 15 is 0 Å². The van der Waals surface area contributed by atoms with Crippen molar-refractivity contribution in [3.63, 3.8) is 0 Å². The molecule has 0 aliphatic carbocycles.